The third kappa shape index (κ3) is 16.7. The van der Waals surface area contributed by atoms with Gasteiger partial charge in [0, 0.05) is 172 Å². The van der Waals surface area contributed by atoms with Crippen molar-refractivity contribution in [1.82, 2.24) is 129 Å². The predicted molar refractivity (Wildman–Crippen MR) is 512 cm³/mol. The third-order valence-electron chi connectivity index (χ3n) is 22.6. The van der Waals surface area contributed by atoms with E-state index in [4.69, 9.17) is 28.7 Å². The lowest BCUT2D eigenvalue weighted by Crippen LogP contribution is -2.11. The van der Waals surface area contributed by atoms with Crippen molar-refractivity contribution in [3.05, 3.63) is 341 Å². The minimum absolute atomic E-state index is 0.267. The normalized spacial score (nSPS) is 11.7. The van der Waals surface area contributed by atoms with Crippen molar-refractivity contribution >= 4 is 118 Å². The van der Waals surface area contributed by atoms with Crippen LogP contribution in [0.2, 0.25) is 0 Å². The number of benzene rings is 7. The zero-order chi connectivity index (χ0) is 93.3. The number of halogens is 5. The largest absolute Gasteiger partial charge is 0.385 e. The van der Waals surface area contributed by atoms with Crippen molar-refractivity contribution in [2.75, 3.05) is 40.5 Å². The molecule has 37 heteroatoms. The first-order chi connectivity index (χ1) is 67.0. The molecule has 662 valence electrons. The van der Waals surface area contributed by atoms with E-state index in [-0.39, 0.29) is 52.4 Å². The molecule has 1 aliphatic rings. The molecule has 1 aliphatic heterocycles. The van der Waals surface area contributed by atoms with E-state index in [1.54, 1.807) is 150 Å². The van der Waals surface area contributed by atoms with Crippen LogP contribution in [0.25, 0.3) is 195 Å². The number of pyridine rings is 8. The molecule has 11 N–H and O–H groups in total. The first-order valence-electron chi connectivity index (χ1n) is 42.3. The maximum absolute atomic E-state index is 13.5. The SMILES string of the molecule is Nc1nc(-c2ccc(F)cc2)c(-c2ccc3c(c2)CCCN3)c2nccnc12.Nc1nc(-c2ccc(F)cc2)c(-c2ccc3nccnc3c2)c2nccnc12.Nc1nc(-c2ccc(F)cc2)c(-c2ccc3ncnn3c2)c2nccnc12.Nc1nc(-c2ccc(F)cc2)c(-c2ccc3nncn3c2)c2nccnc12.Nc1nc(-c2ccc(F)cc2)c(-c2ccn3ncnc3c2)c2nccnc12. The van der Waals surface area contributed by atoms with Crippen LogP contribution in [0.1, 0.15) is 12.0 Å². The summed E-state index contributed by atoms with van der Waals surface area (Å²) in [6.07, 6.45) is 31.5. The van der Waals surface area contributed by atoms with Gasteiger partial charge in [-0.2, -0.15) is 10.2 Å². The van der Waals surface area contributed by atoms with Gasteiger partial charge in [0.25, 0.3) is 0 Å². The summed E-state index contributed by atoms with van der Waals surface area (Å²) >= 11 is 0. The number of aryl methyl sites for hydroxylation is 1. The Balaban J connectivity index is 0.000000102. The highest BCUT2D eigenvalue weighted by molar-refractivity contribution is 6.08. The number of fused-ring (bicyclic) bond motifs is 10. The second-order valence-electron chi connectivity index (χ2n) is 31.0. The van der Waals surface area contributed by atoms with Crippen LogP contribution in [0.3, 0.4) is 0 Å². The number of hydrogen-bond donors (Lipinski definition) is 6. The Hall–Kier alpha value is -19.4. The molecule has 0 unspecified atom stereocenters. The maximum Gasteiger partial charge on any atom is 0.160 e. The van der Waals surface area contributed by atoms with E-state index in [1.165, 1.54) is 78.9 Å². The van der Waals surface area contributed by atoms with Crippen LogP contribution in [0.15, 0.2) is 306 Å². The van der Waals surface area contributed by atoms with Gasteiger partial charge in [-0.3, -0.25) is 39.3 Å². The van der Waals surface area contributed by atoms with Crippen LogP contribution in [-0.4, -0.2) is 135 Å². The molecular formula is C100H67F5N32. The van der Waals surface area contributed by atoms with Gasteiger partial charge in [-0.15, -0.1) is 10.2 Å². The molecule has 0 spiro atoms. The average Bonchev–Trinajstić information content (AvgIpc) is 1.56. The highest BCUT2D eigenvalue weighted by Gasteiger charge is 2.27. The topological polar surface area (TPSA) is 452 Å². The summed E-state index contributed by atoms with van der Waals surface area (Å²) in [6, 6.07) is 54.1. The first kappa shape index (κ1) is 84.5. The van der Waals surface area contributed by atoms with Gasteiger partial charge in [-0.05, 0) is 217 Å². The lowest BCUT2D eigenvalue weighted by atomic mass is 9.93. The number of rotatable bonds is 10. The van der Waals surface area contributed by atoms with Crippen LogP contribution in [0.4, 0.5) is 56.7 Å². The monoisotopic (exact) mass is 1810 g/mol. The average molecular weight is 1810 g/mol. The fraction of sp³-hybridized carbons (Fsp3) is 0.0300. The van der Waals surface area contributed by atoms with Gasteiger partial charge in [0.05, 0.1) is 39.5 Å². The van der Waals surface area contributed by atoms with Crippen molar-refractivity contribution in [1.29, 1.82) is 0 Å². The quantitative estimate of drug-likeness (QED) is 0.0693. The number of hydrogen-bond acceptors (Lipinski definition) is 29. The molecule has 17 aromatic heterocycles. The molecule has 25 rings (SSSR count). The van der Waals surface area contributed by atoms with Crippen LogP contribution < -0.4 is 34.0 Å². The Bertz CT molecular complexity index is 8280. The highest BCUT2D eigenvalue weighted by atomic mass is 19.1. The lowest BCUT2D eigenvalue weighted by molar-refractivity contribution is 0.627. The molecule has 32 nitrogen and oxygen atoms in total. The molecular weight excluding hydrogens is 1740 g/mol. The van der Waals surface area contributed by atoms with Crippen LogP contribution in [-0.2, 0) is 6.42 Å². The minimum atomic E-state index is -0.321. The smallest absolute Gasteiger partial charge is 0.160 e. The summed E-state index contributed by atoms with van der Waals surface area (Å²) in [5.41, 5.74) is 57.7. The Morgan fingerprint density at radius 3 is 1.03 bits per heavy atom. The minimum Gasteiger partial charge on any atom is -0.385 e. The van der Waals surface area contributed by atoms with Gasteiger partial charge >= 0.3 is 0 Å². The van der Waals surface area contributed by atoms with Crippen LogP contribution in [0.5, 0.6) is 0 Å². The second kappa shape index (κ2) is 36.2. The molecule has 0 saturated heterocycles. The molecule has 0 atom stereocenters. The van der Waals surface area contributed by atoms with Crippen molar-refractivity contribution in [3.8, 4) is 112 Å². The van der Waals surface area contributed by atoms with Crippen molar-refractivity contribution in [3.63, 3.8) is 0 Å². The number of anilines is 6. The number of nitrogen functional groups attached to an aromatic ring is 5. The highest BCUT2D eigenvalue weighted by Crippen LogP contribution is 2.45. The summed E-state index contributed by atoms with van der Waals surface area (Å²) in [5.74, 6) is -0.188. The van der Waals surface area contributed by atoms with E-state index in [1.807, 2.05) is 77.6 Å². The summed E-state index contributed by atoms with van der Waals surface area (Å²) in [6.45, 7) is 0.991. The summed E-state index contributed by atoms with van der Waals surface area (Å²) in [4.78, 5) is 84.2. The predicted octanol–water partition coefficient (Wildman–Crippen LogP) is 17.8. The Labute approximate surface area is 770 Å². The fourth-order valence-electron chi connectivity index (χ4n) is 16.4. The summed E-state index contributed by atoms with van der Waals surface area (Å²) in [5, 5.41) is 19.7. The number of nitrogens with zero attached hydrogens (tertiary/aromatic N) is 26. The first-order valence-corrected chi connectivity index (χ1v) is 42.3. The molecule has 18 heterocycles. The molecule has 24 aromatic rings. The Kier molecular flexibility index (Phi) is 22.3. The summed E-state index contributed by atoms with van der Waals surface area (Å²) < 4.78 is 72.3. The number of nitrogens with two attached hydrogens (primary N) is 5. The molecule has 0 radical (unpaired) electrons. The van der Waals surface area contributed by atoms with E-state index in [2.05, 4.69) is 139 Å². The molecule has 7 aromatic carbocycles. The standard InChI is InChI=1S/C22H18FN5.C21H13FN6.3C19H12FN7/c23-16-6-3-13(4-7-16)19-18(20-21(22(24)28-19)27-11-10-26-20)15-5-8-17-14(12-15)2-1-9-25-17;22-14-4-1-12(2-5-14)18-17(19-20(21(23)28-18)27-10-9-26-19)13-3-6-15-16(11-13)25-8-7-24-15;20-13-4-1-11(2-5-13)16-15(12-3-6-14-26-24-10-27(14)9-12)17-18(19(21)25-16)23-8-7-22-17;20-13-4-1-11(2-5-13)16-15(12-3-6-14-24-10-25-27(14)9-12)17-18(19(21)26-16)23-8-7-22-17;20-13-3-1-11(2-4-13)16-15(12-5-8-27-14(9-12)24-10-25-27)17-18(19(21)26-16)23-7-6-22-17/h3-8,10-12,25H,1-2,9H2,(H2,24,28);1-11H,(H2,23,28);1-10H,(H2,21,25);2*1-10H,(H2,21,26). The van der Waals surface area contributed by atoms with Gasteiger partial charge in [-0.1, -0.05) is 12.1 Å². The zero-order valence-corrected chi connectivity index (χ0v) is 71.4. The Morgan fingerprint density at radius 1 is 0.277 bits per heavy atom. The summed E-state index contributed by atoms with van der Waals surface area (Å²) in [7, 11) is 0. The van der Waals surface area contributed by atoms with E-state index in [0.29, 0.717) is 95.1 Å². The van der Waals surface area contributed by atoms with E-state index >= 15 is 0 Å². The van der Waals surface area contributed by atoms with Gasteiger partial charge in [0.15, 0.2) is 46.0 Å². The van der Waals surface area contributed by atoms with E-state index < -0.39 is 0 Å². The van der Waals surface area contributed by atoms with Crippen molar-refractivity contribution < 1.29 is 22.0 Å². The van der Waals surface area contributed by atoms with E-state index in [0.717, 1.165) is 131 Å². The Morgan fingerprint density at radius 2 is 0.606 bits per heavy atom. The number of nitrogens with one attached hydrogen (secondary N) is 1. The van der Waals surface area contributed by atoms with Gasteiger partial charge in [0.1, 0.15) is 103 Å². The fourth-order valence-corrected chi connectivity index (χ4v) is 16.4. The van der Waals surface area contributed by atoms with Gasteiger partial charge < -0.3 is 34.0 Å². The molecule has 137 heavy (non-hydrogen) atoms. The molecule has 0 saturated carbocycles. The zero-order valence-electron chi connectivity index (χ0n) is 71.4. The van der Waals surface area contributed by atoms with Crippen molar-refractivity contribution in [2.24, 2.45) is 0 Å². The molecule has 0 fully saturated rings. The molecule has 0 bridgehead atoms. The van der Waals surface area contributed by atoms with E-state index in [9.17, 15) is 22.0 Å². The van der Waals surface area contributed by atoms with Crippen LogP contribution in [0, 0.1) is 29.1 Å². The van der Waals surface area contributed by atoms with Gasteiger partial charge in [-0.25, -0.2) is 90.8 Å². The lowest BCUT2D eigenvalue weighted by Gasteiger charge is -2.20. The molecule has 0 amide bonds. The molecule has 0 aliphatic carbocycles. The maximum atomic E-state index is 13.5. The van der Waals surface area contributed by atoms with Crippen molar-refractivity contribution in [2.45, 2.75) is 12.8 Å². The van der Waals surface area contributed by atoms with Crippen LogP contribution >= 0.6 is 0 Å². The second-order valence-corrected chi connectivity index (χ2v) is 31.0. The van der Waals surface area contributed by atoms with Gasteiger partial charge in [0.2, 0.25) is 0 Å². The number of aromatic nitrogens is 26. The third-order valence-corrected chi connectivity index (χ3v) is 22.6.